The van der Waals surface area contributed by atoms with Gasteiger partial charge in [-0.3, -0.25) is 19.2 Å². The molecule has 3 saturated carbocycles. The SMILES string of the molecule is CC(C)(C)C(NC(=O)N[C@H](COC(=O)O)C1CCCC1)C(=O)N1C[C@H]2[C@@H](C1C(=O)NC(CC1CCC1)C(=O)C(N)=O)C2(C)C. The lowest BCUT2D eigenvalue weighted by Gasteiger charge is -2.38. The van der Waals surface area contributed by atoms with E-state index in [-0.39, 0.29) is 35.7 Å². The number of nitrogens with one attached hydrogen (secondary N) is 3. The molecular weight excluding hydrogens is 570 g/mol. The molecule has 4 aliphatic rings. The number of Topliss-reactive ketones (excluding diaryl/α,β-unsaturated/α-hetero) is 1. The predicted molar refractivity (Wildman–Crippen MR) is 159 cm³/mol. The van der Waals surface area contributed by atoms with Crippen molar-refractivity contribution in [3.8, 4) is 0 Å². The predicted octanol–water partition coefficient (Wildman–Crippen LogP) is 2.17. The highest BCUT2D eigenvalue weighted by molar-refractivity contribution is 6.37. The first kappa shape index (κ1) is 33.5. The van der Waals surface area contributed by atoms with Crippen molar-refractivity contribution in [2.75, 3.05) is 13.2 Å². The summed E-state index contributed by atoms with van der Waals surface area (Å²) in [6.45, 7) is 9.65. The number of primary amides is 1. The Labute approximate surface area is 258 Å². The summed E-state index contributed by atoms with van der Waals surface area (Å²) in [5.74, 6) is -2.68. The van der Waals surface area contributed by atoms with E-state index >= 15 is 0 Å². The van der Waals surface area contributed by atoms with E-state index < -0.39 is 65.3 Å². The van der Waals surface area contributed by atoms with E-state index in [9.17, 15) is 28.8 Å². The number of ether oxygens (including phenoxy) is 1. The van der Waals surface area contributed by atoms with Gasteiger partial charge < -0.3 is 36.4 Å². The molecule has 3 aliphatic carbocycles. The summed E-state index contributed by atoms with van der Waals surface area (Å²) < 4.78 is 4.79. The lowest BCUT2D eigenvalue weighted by atomic mass is 9.80. The molecule has 0 bridgehead atoms. The Morgan fingerprint density at radius 1 is 0.977 bits per heavy atom. The number of urea groups is 1. The first-order valence-electron chi connectivity index (χ1n) is 15.9. The highest BCUT2D eigenvalue weighted by atomic mass is 16.7. The summed E-state index contributed by atoms with van der Waals surface area (Å²) in [6, 6.07) is -4.11. The molecule has 0 aromatic heterocycles. The van der Waals surface area contributed by atoms with Gasteiger partial charge >= 0.3 is 12.2 Å². The zero-order valence-electron chi connectivity index (χ0n) is 26.5. The Kier molecular flexibility index (Phi) is 9.84. The van der Waals surface area contributed by atoms with Crippen LogP contribution in [0.2, 0.25) is 0 Å². The number of amides is 5. The third-order valence-electron chi connectivity index (χ3n) is 10.5. The molecule has 3 unspecified atom stereocenters. The van der Waals surface area contributed by atoms with Crippen molar-refractivity contribution in [1.29, 1.82) is 0 Å². The fraction of sp³-hybridized carbons (Fsp3) is 0.806. The number of nitrogens with zero attached hydrogens (tertiary/aromatic N) is 1. The van der Waals surface area contributed by atoms with Crippen LogP contribution in [0.5, 0.6) is 0 Å². The summed E-state index contributed by atoms with van der Waals surface area (Å²) in [5.41, 5.74) is 4.37. The normalized spacial score (nSPS) is 26.4. The third-order valence-corrected chi connectivity index (χ3v) is 10.5. The molecular formula is C31H49N5O8. The van der Waals surface area contributed by atoms with Crippen molar-refractivity contribution in [2.24, 2.45) is 40.2 Å². The van der Waals surface area contributed by atoms with Gasteiger partial charge in [0.1, 0.15) is 18.7 Å². The number of likely N-dealkylation sites (tertiary alicyclic amines) is 1. The van der Waals surface area contributed by atoms with E-state index in [4.69, 9.17) is 15.6 Å². The topological polar surface area (TPSA) is 197 Å². The van der Waals surface area contributed by atoms with Crippen molar-refractivity contribution in [1.82, 2.24) is 20.9 Å². The smallest absolute Gasteiger partial charge is 0.450 e. The first-order valence-corrected chi connectivity index (χ1v) is 15.9. The number of rotatable bonds is 12. The fourth-order valence-electron chi connectivity index (χ4n) is 7.51. The number of piperidine rings is 1. The second-order valence-electron chi connectivity index (χ2n) is 14.9. The van der Waals surface area contributed by atoms with Gasteiger partial charge in [-0.15, -0.1) is 0 Å². The maximum atomic E-state index is 14.2. The highest BCUT2D eigenvalue weighted by Crippen LogP contribution is 2.65. The van der Waals surface area contributed by atoms with Gasteiger partial charge in [-0.1, -0.05) is 66.7 Å². The van der Waals surface area contributed by atoms with Crippen molar-refractivity contribution in [3.05, 3.63) is 0 Å². The van der Waals surface area contributed by atoms with Crippen LogP contribution in [0, 0.1) is 34.5 Å². The molecule has 0 radical (unpaired) electrons. The monoisotopic (exact) mass is 619 g/mol. The Morgan fingerprint density at radius 3 is 2.14 bits per heavy atom. The van der Waals surface area contributed by atoms with E-state index in [1.807, 2.05) is 34.6 Å². The molecule has 5 amide bonds. The zero-order chi connectivity index (χ0) is 32.6. The van der Waals surface area contributed by atoms with Crippen LogP contribution in [0.15, 0.2) is 0 Å². The largest absolute Gasteiger partial charge is 0.505 e. The van der Waals surface area contributed by atoms with Crippen LogP contribution < -0.4 is 21.7 Å². The molecule has 0 spiro atoms. The van der Waals surface area contributed by atoms with Crippen LogP contribution in [0.4, 0.5) is 9.59 Å². The van der Waals surface area contributed by atoms with Crippen LogP contribution in [0.25, 0.3) is 0 Å². The quantitative estimate of drug-likeness (QED) is 0.162. The van der Waals surface area contributed by atoms with Gasteiger partial charge in [0.2, 0.25) is 17.6 Å². The molecule has 6 N–H and O–H groups in total. The average molecular weight is 620 g/mol. The second-order valence-corrected chi connectivity index (χ2v) is 14.9. The summed E-state index contributed by atoms with van der Waals surface area (Å²) in [5, 5.41) is 17.4. The van der Waals surface area contributed by atoms with Gasteiger partial charge in [0.05, 0.1) is 12.1 Å². The molecule has 4 rings (SSSR count). The summed E-state index contributed by atoms with van der Waals surface area (Å²) in [7, 11) is 0. The number of nitrogens with two attached hydrogens (primary N) is 1. The van der Waals surface area contributed by atoms with Crippen LogP contribution in [0.3, 0.4) is 0 Å². The number of carboxylic acid groups (broad SMARTS) is 1. The van der Waals surface area contributed by atoms with E-state index in [1.54, 1.807) is 0 Å². The van der Waals surface area contributed by atoms with E-state index in [0.29, 0.717) is 13.0 Å². The van der Waals surface area contributed by atoms with Gasteiger partial charge in [-0.2, -0.15) is 0 Å². The molecule has 0 aromatic carbocycles. The van der Waals surface area contributed by atoms with Crippen molar-refractivity contribution < 1.29 is 38.6 Å². The molecule has 0 aromatic rings. The van der Waals surface area contributed by atoms with Gasteiger partial charge in [0.25, 0.3) is 5.91 Å². The lowest BCUT2D eigenvalue weighted by Crippen LogP contribution is -2.62. The molecule has 13 nitrogen and oxygen atoms in total. The maximum Gasteiger partial charge on any atom is 0.505 e. The summed E-state index contributed by atoms with van der Waals surface area (Å²) >= 11 is 0. The molecule has 1 aliphatic heterocycles. The van der Waals surface area contributed by atoms with E-state index in [0.717, 1.165) is 44.9 Å². The molecule has 1 heterocycles. The number of carbonyl (C=O) groups is 6. The van der Waals surface area contributed by atoms with E-state index in [1.165, 1.54) is 4.90 Å². The Balaban J connectivity index is 1.50. The molecule has 1 saturated heterocycles. The zero-order valence-corrected chi connectivity index (χ0v) is 26.5. The Bertz CT molecular complexity index is 1160. The average Bonchev–Trinajstić information content (AvgIpc) is 3.36. The van der Waals surface area contributed by atoms with Gasteiger partial charge in [0.15, 0.2) is 0 Å². The fourth-order valence-corrected chi connectivity index (χ4v) is 7.51. The number of hydrogen-bond donors (Lipinski definition) is 5. The van der Waals surface area contributed by atoms with Gasteiger partial charge in [-0.25, -0.2) is 9.59 Å². The van der Waals surface area contributed by atoms with Crippen LogP contribution in [-0.2, 0) is 23.9 Å². The lowest BCUT2D eigenvalue weighted by molar-refractivity contribution is -0.145. The van der Waals surface area contributed by atoms with Crippen molar-refractivity contribution in [3.63, 3.8) is 0 Å². The van der Waals surface area contributed by atoms with Crippen molar-refractivity contribution in [2.45, 2.75) is 110 Å². The van der Waals surface area contributed by atoms with Crippen LogP contribution in [-0.4, -0.2) is 83.0 Å². The van der Waals surface area contributed by atoms with Crippen LogP contribution in [0.1, 0.15) is 86.0 Å². The highest BCUT2D eigenvalue weighted by Gasteiger charge is 2.70. The minimum Gasteiger partial charge on any atom is -0.450 e. The summed E-state index contributed by atoms with van der Waals surface area (Å²) in [6.07, 6.45) is 5.37. The minimum absolute atomic E-state index is 0.0564. The first-order chi connectivity index (χ1) is 20.5. The Morgan fingerprint density at radius 2 is 1.61 bits per heavy atom. The Hall–Kier alpha value is -3.38. The summed E-state index contributed by atoms with van der Waals surface area (Å²) in [4.78, 5) is 78.3. The molecule has 246 valence electrons. The third kappa shape index (κ3) is 7.28. The standard InChI is InChI=1S/C31H49N5O8/c1-30(2,3)24(35-28(41)34-20(15-44-29(42)43)17-11-6-7-12-17)27(40)36-14-18-21(31(18,4)5)22(36)26(39)33-19(23(37)25(32)38)13-16-9-8-10-16/h16-22,24H,6-15H2,1-5H3,(H2,32,38)(H,33,39)(H,42,43)(H2,34,35,41)/t18-,19?,20+,21-,22?,24?/m0/s1. The van der Waals surface area contributed by atoms with Crippen LogP contribution >= 0.6 is 0 Å². The number of hydrogen-bond acceptors (Lipinski definition) is 7. The van der Waals surface area contributed by atoms with E-state index in [2.05, 4.69) is 16.0 Å². The van der Waals surface area contributed by atoms with Gasteiger partial charge in [0, 0.05) is 6.54 Å². The molecule has 44 heavy (non-hydrogen) atoms. The molecule has 4 fully saturated rings. The number of fused-ring (bicyclic) bond motifs is 1. The number of ketones is 1. The van der Waals surface area contributed by atoms with Crippen molar-refractivity contribution >= 4 is 35.7 Å². The molecule has 6 atom stereocenters. The second kappa shape index (κ2) is 12.9. The van der Waals surface area contributed by atoms with Gasteiger partial charge in [-0.05, 0) is 53.8 Å². The minimum atomic E-state index is -1.43. The number of carbonyl (C=O) groups excluding carboxylic acids is 5. The maximum absolute atomic E-state index is 14.2. The molecule has 13 heteroatoms.